The first-order chi connectivity index (χ1) is 20.7. The van der Waals surface area contributed by atoms with Crippen LogP contribution in [-0.2, 0) is 27.2 Å². The molecule has 1 saturated heterocycles. The van der Waals surface area contributed by atoms with Gasteiger partial charge in [-0.15, -0.1) is 16.2 Å². The number of benzene rings is 1. The third-order valence-electron chi connectivity index (χ3n) is 5.96. The number of hydrogen-bond acceptors (Lipinski definition) is 11. The summed E-state index contributed by atoms with van der Waals surface area (Å²) in [6.45, 7) is 12.7. The molecule has 238 valence electrons. The Balaban J connectivity index is 0.000000285. The molecule has 0 radical (unpaired) electrons. The number of aliphatic hydroxyl groups is 1. The van der Waals surface area contributed by atoms with Crippen molar-refractivity contribution in [2.45, 2.75) is 72.8 Å². The number of amides is 1. The Hall–Kier alpha value is -3.39. The van der Waals surface area contributed by atoms with Crippen LogP contribution in [0.4, 0.5) is 0 Å². The second kappa shape index (κ2) is 19.7. The lowest BCUT2D eigenvalue weighted by Gasteiger charge is -2.16. The fourth-order valence-electron chi connectivity index (χ4n) is 3.98. The van der Waals surface area contributed by atoms with E-state index in [9.17, 15) is 14.8 Å². The fraction of sp³-hybridized carbons (Fsp3) is 0.567. The normalized spacial score (nSPS) is 14.0. The smallest absolute Gasteiger partial charge is 0.254 e. The highest BCUT2D eigenvalue weighted by Crippen LogP contribution is 2.27. The molecule has 12 nitrogen and oxygen atoms in total. The van der Waals surface area contributed by atoms with Crippen LogP contribution in [0.15, 0.2) is 45.7 Å². The van der Waals surface area contributed by atoms with E-state index in [-0.39, 0.29) is 18.9 Å². The van der Waals surface area contributed by atoms with Crippen molar-refractivity contribution >= 4 is 17.2 Å². The maximum Gasteiger partial charge on any atom is 0.254 e. The first kappa shape index (κ1) is 35.8. The minimum Gasteiger partial charge on any atom is -0.470 e. The topological polar surface area (TPSA) is 140 Å². The Bertz CT molecular complexity index is 1200. The number of aliphatic hydroxyl groups excluding tert-OH is 1. The second-order valence-electron chi connectivity index (χ2n) is 9.81. The van der Waals surface area contributed by atoms with Gasteiger partial charge in [-0.3, -0.25) is 9.80 Å². The van der Waals surface area contributed by atoms with Crippen LogP contribution in [0.3, 0.4) is 0 Å². The molecule has 43 heavy (non-hydrogen) atoms. The third kappa shape index (κ3) is 12.8. The molecule has 4 rings (SSSR count). The lowest BCUT2D eigenvalue weighted by molar-refractivity contribution is -0.153. The van der Waals surface area contributed by atoms with Crippen LogP contribution in [0.25, 0.3) is 10.4 Å². The molecule has 0 saturated carbocycles. The molecule has 1 aliphatic heterocycles. The average molecular weight is 620 g/mol. The Labute approximate surface area is 257 Å². The molecular formula is C30H45N5O7S. The molecule has 3 aromatic rings. The van der Waals surface area contributed by atoms with Crippen molar-refractivity contribution in [3.8, 4) is 16.3 Å². The van der Waals surface area contributed by atoms with E-state index in [1.165, 1.54) is 16.3 Å². The standard InChI is InChI=1S/C15H24N2O6.C12H13N3OS.C3H8/c1-3-20-15(21-4-2)10-22-13-7-12(23-16-13)8-14(19)17-6-5-11(18)9-17;1-9-12(17-8-13-9)11-5-3-10(4-6-11)7-15(2)14-16;1-3-2/h7,11,15,18H,3-6,8-10H2,1-2H3;3-6,8H,7H2,1-2H3;3H2,1-2H3. The molecule has 0 aliphatic carbocycles. The van der Waals surface area contributed by atoms with Gasteiger partial charge in [-0.2, -0.15) is 0 Å². The maximum absolute atomic E-state index is 12.1. The predicted molar refractivity (Wildman–Crippen MR) is 165 cm³/mol. The molecule has 2 aromatic heterocycles. The number of aromatic nitrogens is 2. The number of thiazole rings is 1. The number of β-amino-alcohol motifs (C(OH)–C–C–N with tert-alkyl or cyclic N) is 1. The van der Waals surface area contributed by atoms with Crippen molar-refractivity contribution < 1.29 is 28.6 Å². The van der Waals surface area contributed by atoms with E-state index < -0.39 is 12.4 Å². The van der Waals surface area contributed by atoms with Crippen LogP contribution in [0, 0.1) is 11.8 Å². The van der Waals surface area contributed by atoms with E-state index in [0.717, 1.165) is 16.8 Å². The third-order valence-corrected chi connectivity index (χ3v) is 6.94. The quantitative estimate of drug-likeness (QED) is 0.154. The van der Waals surface area contributed by atoms with Gasteiger partial charge in [0, 0.05) is 39.4 Å². The highest BCUT2D eigenvalue weighted by Gasteiger charge is 2.25. The molecule has 1 atom stereocenters. The summed E-state index contributed by atoms with van der Waals surface area (Å²) in [6, 6.07) is 9.70. The number of ether oxygens (including phenoxy) is 3. The zero-order valence-corrected chi connectivity index (χ0v) is 26.8. The molecule has 1 aliphatic rings. The number of hydrogen-bond donors (Lipinski definition) is 1. The van der Waals surface area contributed by atoms with E-state index in [1.807, 2.05) is 38.4 Å². The van der Waals surface area contributed by atoms with Crippen LogP contribution in [-0.4, -0.2) is 83.4 Å². The summed E-state index contributed by atoms with van der Waals surface area (Å²) in [5, 5.41) is 17.4. The van der Waals surface area contributed by atoms with Gasteiger partial charge in [-0.25, -0.2) is 4.98 Å². The number of carbonyl (C=O) groups is 1. The molecule has 1 aromatic carbocycles. The number of nitrogens with zero attached hydrogens (tertiary/aromatic N) is 5. The zero-order valence-electron chi connectivity index (χ0n) is 26.0. The van der Waals surface area contributed by atoms with E-state index in [0.29, 0.717) is 50.9 Å². The van der Waals surface area contributed by atoms with Gasteiger partial charge in [0.2, 0.25) is 5.91 Å². The molecular weight excluding hydrogens is 574 g/mol. The van der Waals surface area contributed by atoms with Gasteiger partial charge in [-0.1, -0.05) is 44.5 Å². The second-order valence-corrected chi connectivity index (χ2v) is 10.7. The lowest BCUT2D eigenvalue weighted by Crippen LogP contribution is -2.30. The molecule has 1 fully saturated rings. The van der Waals surface area contributed by atoms with Crippen molar-refractivity contribution in [1.29, 1.82) is 0 Å². The lowest BCUT2D eigenvalue weighted by atomic mass is 10.1. The number of rotatable bonds is 13. The van der Waals surface area contributed by atoms with Crippen LogP contribution in [0.5, 0.6) is 5.88 Å². The largest absolute Gasteiger partial charge is 0.470 e. The predicted octanol–water partition coefficient (Wildman–Crippen LogP) is 5.24. The minimum atomic E-state index is -0.460. The molecule has 3 heterocycles. The Morgan fingerprint density at radius 3 is 2.42 bits per heavy atom. The summed E-state index contributed by atoms with van der Waals surface area (Å²) in [7, 11) is 1.66. The van der Waals surface area contributed by atoms with Crippen LogP contribution in [0.2, 0.25) is 0 Å². The molecule has 0 spiro atoms. The van der Waals surface area contributed by atoms with Crippen molar-refractivity contribution in [3.63, 3.8) is 0 Å². The van der Waals surface area contributed by atoms with E-state index >= 15 is 0 Å². The van der Waals surface area contributed by atoms with E-state index in [4.69, 9.17) is 18.7 Å². The van der Waals surface area contributed by atoms with E-state index in [1.54, 1.807) is 29.4 Å². The average Bonchev–Trinajstić information content (AvgIpc) is 3.75. The van der Waals surface area contributed by atoms with Gasteiger partial charge < -0.3 is 28.7 Å². The van der Waals surface area contributed by atoms with E-state index in [2.05, 4.69) is 41.4 Å². The number of likely N-dealkylation sites (tertiary alicyclic amines) is 1. The zero-order chi connectivity index (χ0) is 31.6. The van der Waals surface area contributed by atoms with Gasteiger partial charge in [0.15, 0.2) is 6.29 Å². The summed E-state index contributed by atoms with van der Waals surface area (Å²) in [4.78, 5) is 29.4. The molecule has 13 heteroatoms. The molecule has 1 N–H and O–H groups in total. The van der Waals surface area contributed by atoms with Crippen molar-refractivity contribution in [3.05, 3.63) is 57.8 Å². The Morgan fingerprint density at radius 1 is 1.21 bits per heavy atom. The monoisotopic (exact) mass is 619 g/mol. The van der Waals surface area contributed by atoms with Gasteiger partial charge in [0.1, 0.15) is 12.4 Å². The van der Waals surface area contributed by atoms with Gasteiger partial charge in [0.05, 0.1) is 40.4 Å². The summed E-state index contributed by atoms with van der Waals surface area (Å²) < 4.78 is 21.3. The van der Waals surface area contributed by atoms with Crippen molar-refractivity contribution in [1.82, 2.24) is 20.0 Å². The van der Waals surface area contributed by atoms with Gasteiger partial charge in [-0.05, 0) is 43.5 Å². The Kier molecular flexibility index (Phi) is 16.4. The number of carbonyl (C=O) groups excluding carboxylic acids is 1. The summed E-state index contributed by atoms with van der Waals surface area (Å²) in [5.41, 5.74) is 5.13. The SMILES string of the molecule is CCC.CCOC(COc1cc(CC(=O)N2CCC(O)C2)on1)OCC.Cc1ncsc1-c1ccc(CN(C)N=O)cc1. The molecule has 1 unspecified atom stereocenters. The highest BCUT2D eigenvalue weighted by molar-refractivity contribution is 7.13. The molecule has 0 bridgehead atoms. The minimum absolute atomic E-state index is 0.0919. The maximum atomic E-state index is 12.1. The summed E-state index contributed by atoms with van der Waals surface area (Å²) in [6.07, 6.45) is 1.08. The Morgan fingerprint density at radius 2 is 1.88 bits per heavy atom. The van der Waals surface area contributed by atoms with Crippen LogP contribution in [0.1, 0.15) is 57.6 Å². The van der Waals surface area contributed by atoms with Gasteiger partial charge in [0.25, 0.3) is 5.88 Å². The molecule has 1 amide bonds. The summed E-state index contributed by atoms with van der Waals surface area (Å²) in [5.74, 6) is 0.625. The van der Waals surface area contributed by atoms with Crippen LogP contribution < -0.4 is 4.74 Å². The van der Waals surface area contributed by atoms with Gasteiger partial charge >= 0.3 is 0 Å². The number of aryl methyl sites for hydroxylation is 1. The number of nitroso groups, excluding NO2 is 1. The summed E-state index contributed by atoms with van der Waals surface area (Å²) >= 11 is 1.64. The van der Waals surface area contributed by atoms with Crippen molar-refractivity contribution in [2.24, 2.45) is 5.29 Å². The first-order valence-electron chi connectivity index (χ1n) is 14.6. The van der Waals surface area contributed by atoms with Crippen molar-refractivity contribution in [2.75, 3.05) is 40.0 Å². The van der Waals surface area contributed by atoms with Crippen LogP contribution >= 0.6 is 11.3 Å². The first-order valence-corrected chi connectivity index (χ1v) is 15.4. The highest BCUT2D eigenvalue weighted by atomic mass is 32.1. The fourth-order valence-corrected chi connectivity index (χ4v) is 4.79.